The quantitative estimate of drug-likeness (QED) is 0.482. The molecule has 0 aromatic carbocycles. The Morgan fingerprint density at radius 1 is 0.970 bits per heavy atom. The van der Waals surface area contributed by atoms with Gasteiger partial charge in [0.15, 0.2) is 0 Å². The minimum absolute atomic E-state index is 0.167. The lowest BCUT2D eigenvalue weighted by Gasteiger charge is -2.27. The highest BCUT2D eigenvalue weighted by Gasteiger charge is 2.38. The van der Waals surface area contributed by atoms with Gasteiger partial charge in [-0.05, 0) is 69.4 Å². The summed E-state index contributed by atoms with van der Waals surface area (Å²) in [6, 6.07) is 6.21. The number of aliphatic hydroxyl groups excluding tert-OH is 1. The minimum atomic E-state index is -0.167. The minimum Gasteiger partial charge on any atom is -0.393 e. The molecule has 178 valence electrons. The van der Waals surface area contributed by atoms with Crippen LogP contribution in [0.4, 0.5) is 11.8 Å². The third-order valence-corrected chi connectivity index (χ3v) is 7.71. The summed E-state index contributed by atoms with van der Waals surface area (Å²) in [7, 11) is 0. The molecule has 33 heavy (non-hydrogen) atoms. The van der Waals surface area contributed by atoms with Crippen LogP contribution >= 0.6 is 0 Å². The molecule has 7 nitrogen and oxygen atoms in total. The van der Waals surface area contributed by atoms with Gasteiger partial charge >= 0.3 is 0 Å². The molecule has 3 aliphatic rings. The van der Waals surface area contributed by atoms with E-state index < -0.39 is 0 Å². The average molecular weight is 451 g/mol. The summed E-state index contributed by atoms with van der Waals surface area (Å²) in [5.41, 5.74) is 3.13. The number of aromatic nitrogens is 3. The van der Waals surface area contributed by atoms with Gasteiger partial charge in [-0.15, -0.1) is 0 Å². The van der Waals surface area contributed by atoms with Crippen molar-refractivity contribution in [3.8, 4) is 11.3 Å². The fraction of sp³-hybridized carbons (Fsp3) is 0.654. The lowest BCUT2D eigenvalue weighted by atomic mass is 9.93. The van der Waals surface area contributed by atoms with Crippen LogP contribution in [0.1, 0.15) is 76.7 Å². The van der Waals surface area contributed by atoms with Crippen LogP contribution in [-0.4, -0.2) is 55.7 Å². The summed E-state index contributed by atoms with van der Waals surface area (Å²) < 4.78 is 0. The van der Waals surface area contributed by atoms with Gasteiger partial charge < -0.3 is 15.7 Å². The predicted molar refractivity (Wildman–Crippen MR) is 132 cm³/mol. The summed E-state index contributed by atoms with van der Waals surface area (Å²) in [6.07, 6.45) is 15.0. The molecule has 4 heterocycles. The van der Waals surface area contributed by atoms with Crippen molar-refractivity contribution in [1.29, 1.82) is 0 Å². The van der Waals surface area contributed by atoms with Crippen molar-refractivity contribution >= 4 is 11.8 Å². The van der Waals surface area contributed by atoms with Gasteiger partial charge in [0.1, 0.15) is 5.82 Å². The van der Waals surface area contributed by atoms with E-state index in [1.807, 2.05) is 12.4 Å². The molecule has 2 aliphatic heterocycles. The number of aliphatic hydroxyl groups is 1. The topological polar surface area (TPSA) is 86.2 Å². The van der Waals surface area contributed by atoms with Crippen LogP contribution in [0.15, 0.2) is 24.5 Å². The van der Waals surface area contributed by atoms with Gasteiger partial charge in [-0.2, -0.15) is 4.98 Å². The lowest BCUT2D eigenvalue weighted by Crippen LogP contribution is -2.29. The third-order valence-electron chi connectivity index (χ3n) is 7.71. The number of unbranched alkanes of at least 4 members (excludes halogenated alkanes) is 1. The first-order valence-electron chi connectivity index (χ1n) is 13.0. The van der Waals surface area contributed by atoms with Crippen molar-refractivity contribution in [3.05, 3.63) is 30.1 Å². The van der Waals surface area contributed by atoms with Crippen molar-refractivity contribution < 1.29 is 5.11 Å². The van der Waals surface area contributed by atoms with Crippen LogP contribution in [0.25, 0.3) is 11.3 Å². The van der Waals surface area contributed by atoms with Crippen LogP contribution in [0.5, 0.6) is 0 Å². The molecule has 3 N–H and O–H groups in total. The maximum absolute atomic E-state index is 9.88. The van der Waals surface area contributed by atoms with E-state index in [1.165, 1.54) is 31.2 Å². The first-order chi connectivity index (χ1) is 16.2. The zero-order valence-electron chi connectivity index (χ0n) is 19.8. The second-order valence-corrected chi connectivity index (χ2v) is 10.1. The van der Waals surface area contributed by atoms with Gasteiger partial charge in [-0.25, -0.2) is 4.98 Å². The molecule has 5 rings (SSSR count). The Morgan fingerprint density at radius 3 is 2.39 bits per heavy atom. The van der Waals surface area contributed by atoms with E-state index in [-0.39, 0.29) is 6.10 Å². The first kappa shape index (κ1) is 22.5. The van der Waals surface area contributed by atoms with Crippen LogP contribution in [-0.2, 0) is 6.54 Å². The molecule has 7 heteroatoms. The van der Waals surface area contributed by atoms with E-state index in [0.29, 0.717) is 12.0 Å². The Labute approximate surface area is 197 Å². The Morgan fingerprint density at radius 2 is 1.73 bits per heavy atom. The molecule has 2 saturated heterocycles. The molecule has 1 saturated carbocycles. The van der Waals surface area contributed by atoms with Crippen molar-refractivity contribution in [2.45, 2.75) is 102 Å². The second kappa shape index (κ2) is 10.3. The predicted octanol–water partition coefficient (Wildman–Crippen LogP) is 4.59. The molecular formula is C26H38N6O. The number of pyridine rings is 1. The highest BCUT2D eigenvalue weighted by Crippen LogP contribution is 2.38. The number of hydrogen-bond donors (Lipinski definition) is 3. The Balaban J connectivity index is 1.33. The zero-order valence-corrected chi connectivity index (χ0v) is 19.8. The Hall–Kier alpha value is -2.25. The van der Waals surface area contributed by atoms with E-state index in [2.05, 4.69) is 39.6 Å². The number of rotatable bonds is 9. The Kier molecular flexibility index (Phi) is 7.07. The maximum Gasteiger partial charge on any atom is 0.224 e. The third kappa shape index (κ3) is 5.30. The molecule has 2 bridgehead atoms. The van der Waals surface area contributed by atoms with E-state index in [0.717, 1.165) is 80.8 Å². The number of nitrogens with zero attached hydrogens (tertiary/aromatic N) is 4. The molecule has 3 fully saturated rings. The summed E-state index contributed by atoms with van der Waals surface area (Å²) in [5, 5.41) is 16.9. The summed E-state index contributed by atoms with van der Waals surface area (Å²) in [5.74, 6) is 1.50. The number of anilines is 2. The number of nitrogens with one attached hydrogen (secondary N) is 2. The fourth-order valence-electron chi connectivity index (χ4n) is 5.72. The maximum atomic E-state index is 9.88. The lowest BCUT2D eigenvalue weighted by molar-refractivity contribution is 0.126. The van der Waals surface area contributed by atoms with Crippen molar-refractivity contribution in [2.75, 3.05) is 17.2 Å². The monoisotopic (exact) mass is 450 g/mol. The first-order valence-corrected chi connectivity index (χ1v) is 13.0. The largest absolute Gasteiger partial charge is 0.393 e. The van der Waals surface area contributed by atoms with E-state index in [4.69, 9.17) is 9.97 Å². The molecule has 0 atom stereocenters. The van der Waals surface area contributed by atoms with Crippen molar-refractivity contribution in [3.63, 3.8) is 0 Å². The van der Waals surface area contributed by atoms with Gasteiger partial charge in [0.2, 0.25) is 5.95 Å². The van der Waals surface area contributed by atoms with E-state index in [9.17, 15) is 5.11 Å². The van der Waals surface area contributed by atoms with E-state index >= 15 is 0 Å². The normalized spacial score (nSPS) is 27.1. The van der Waals surface area contributed by atoms with Gasteiger partial charge in [-0.3, -0.25) is 9.88 Å². The highest BCUT2D eigenvalue weighted by atomic mass is 16.3. The SMILES string of the molecule is CCCCNc1ncc(-c2ccc(CN3C4CCC3CC4)cn2)c(NC2CCC(O)CC2)n1. The molecule has 0 spiro atoms. The fourth-order valence-corrected chi connectivity index (χ4v) is 5.72. The van der Waals surface area contributed by atoms with Crippen LogP contribution in [0, 0.1) is 0 Å². The standard InChI is InChI=1S/C26H38N6O/c1-2-3-14-27-26-29-16-23(25(31-26)30-19-5-11-22(33)12-6-19)24-13-4-18(15-28-24)17-32-20-7-8-21(32)10-9-20/h4,13,15-16,19-22,33H,2-3,5-12,14,17H2,1H3,(H2,27,29,30,31). The Bertz CT molecular complexity index is 891. The zero-order chi connectivity index (χ0) is 22.6. The smallest absolute Gasteiger partial charge is 0.224 e. The molecule has 0 radical (unpaired) electrons. The molecular weight excluding hydrogens is 412 g/mol. The summed E-state index contributed by atoms with van der Waals surface area (Å²) in [6.45, 7) is 4.06. The van der Waals surface area contributed by atoms with Crippen molar-refractivity contribution in [2.24, 2.45) is 0 Å². The van der Waals surface area contributed by atoms with Crippen LogP contribution < -0.4 is 10.6 Å². The molecule has 2 aromatic rings. The second-order valence-electron chi connectivity index (χ2n) is 10.1. The average Bonchev–Trinajstić information content (AvgIpc) is 3.41. The molecule has 0 unspecified atom stereocenters. The summed E-state index contributed by atoms with van der Waals surface area (Å²) in [4.78, 5) is 16.9. The van der Waals surface area contributed by atoms with Crippen molar-refractivity contribution in [1.82, 2.24) is 19.9 Å². The van der Waals surface area contributed by atoms with Gasteiger partial charge in [0, 0.05) is 43.6 Å². The van der Waals surface area contributed by atoms with Gasteiger partial charge in [-0.1, -0.05) is 19.4 Å². The molecule has 1 aliphatic carbocycles. The van der Waals surface area contributed by atoms with Crippen LogP contribution in [0.2, 0.25) is 0 Å². The molecule has 2 aromatic heterocycles. The number of fused-ring (bicyclic) bond motifs is 2. The van der Waals surface area contributed by atoms with Crippen LogP contribution in [0.3, 0.4) is 0 Å². The van der Waals surface area contributed by atoms with Gasteiger partial charge in [0.25, 0.3) is 0 Å². The summed E-state index contributed by atoms with van der Waals surface area (Å²) >= 11 is 0. The van der Waals surface area contributed by atoms with E-state index in [1.54, 1.807) is 0 Å². The molecule has 0 amide bonds. The highest BCUT2D eigenvalue weighted by molar-refractivity contribution is 5.73. The van der Waals surface area contributed by atoms with Gasteiger partial charge in [0.05, 0.1) is 17.4 Å². The number of hydrogen-bond acceptors (Lipinski definition) is 7.